The van der Waals surface area contributed by atoms with Gasteiger partial charge in [0.25, 0.3) is 5.91 Å². The lowest BCUT2D eigenvalue weighted by molar-refractivity contribution is 0.0996. The fourth-order valence-corrected chi connectivity index (χ4v) is 3.16. The first kappa shape index (κ1) is 14.7. The minimum atomic E-state index is -3.82. The monoisotopic (exact) mass is 359 g/mol. The van der Waals surface area contributed by atoms with Gasteiger partial charge in [0.15, 0.2) is 6.39 Å². The second-order valence-electron chi connectivity index (χ2n) is 3.91. The second-order valence-corrected chi connectivity index (χ2v) is 6.30. The minimum Gasteiger partial charge on any atom is -0.438 e. The Morgan fingerprint density at radius 3 is 2.65 bits per heavy atom. The van der Waals surface area contributed by atoms with Crippen molar-refractivity contribution in [1.29, 1.82) is 0 Å². The highest BCUT2D eigenvalue weighted by atomic mass is 79.9. The number of carbonyl (C=O) groups excluding carboxylic acids is 1. The number of aryl methyl sites for hydroxylation is 1. The molecule has 3 N–H and O–H groups in total. The van der Waals surface area contributed by atoms with Gasteiger partial charge in [-0.15, -0.1) is 0 Å². The predicted octanol–water partition coefficient (Wildman–Crippen LogP) is 1.65. The van der Waals surface area contributed by atoms with Gasteiger partial charge in [0.2, 0.25) is 15.8 Å². The summed E-state index contributed by atoms with van der Waals surface area (Å²) in [6.07, 6.45) is 1.17. The maximum Gasteiger partial charge on any atom is 0.293 e. The molecule has 0 fully saturated rings. The zero-order valence-corrected chi connectivity index (χ0v) is 12.7. The molecule has 0 bridgehead atoms. The van der Waals surface area contributed by atoms with Crippen molar-refractivity contribution in [3.63, 3.8) is 0 Å². The van der Waals surface area contributed by atoms with Crippen molar-refractivity contribution in [2.75, 3.05) is 5.32 Å². The molecule has 0 aliphatic carbocycles. The number of carbonyl (C=O) groups is 1. The van der Waals surface area contributed by atoms with Crippen LogP contribution in [-0.4, -0.2) is 19.3 Å². The predicted molar refractivity (Wildman–Crippen MR) is 74.7 cm³/mol. The Labute approximate surface area is 123 Å². The summed E-state index contributed by atoms with van der Waals surface area (Å²) in [7, 11) is -3.82. The quantitative estimate of drug-likeness (QED) is 0.864. The van der Waals surface area contributed by atoms with E-state index in [1.807, 2.05) is 0 Å². The molecule has 9 heteroatoms. The van der Waals surface area contributed by atoms with Crippen molar-refractivity contribution in [3.8, 4) is 0 Å². The van der Waals surface area contributed by atoms with Crippen LogP contribution < -0.4 is 10.5 Å². The van der Waals surface area contributed by atoms with Gasteiger partial charge in [-0.25, -0.2) is 18.5 Å². The van der Waals surface area contributed by atoms with Gasteiger partial charge >= 0.3 is 0 Å². The molecule has 2 aromatic rings. The van der Waals surface area contributed by atoms with E-state index in [1.165, 1.54) is 24.6 Å². The Kier molecular flexibility index (Phi) is 3.93. The molecule has 0 aliphatic rings. The smallest absolute Gasteiger partial charge is 0.293 e. The second kappa shape index (κ2) is 5.35. The van der Waals surface area contributed by atoms with Crippen molar-refractivity contribution in [3.05, 3.63) is 40.5 Å². The van der Waals surface area contributed by atoms with Crippen LogP contribution >= 0.6 is 15.9 Å². The summed E-state index contributed by atoms with van der Waals surface area (Å²) in [4.78, 5) is 15.6. The van der Waals surface area contributed by atoms with Crippen molar-refractivity contribution in [2.45, 2.75) is 11.8 Å². The normalized spacial score (nSPS) is 11.3. The first-order valence-electron chi connectivity index (χ1n) is 5.33. The summed E-state index contributed by atoms with van der Waals surface area (Å²) >= 11 is 3.09. The summed E-state index contributed by atoms with van der Waals surface area (Å²) in [6.45, 7) is 1.64. The summed E-state index contributed by atoms with van der Waals surface area (Å²) < 4.78 is 27.7. The van der Waals surface area contributed by atoms with Crippen LogP contribution in [-0.2, 0) is 10.0 Å². The molecule has 0 saturated heterocycles. The molecule has 1 heterocycles. The number of nitrogens with two attached hydrogens (primary N) is 1. The SMILES string of the molecule is Cc1ncoc1C(=O)Nc1ccc(S(N)(=O)=O)c(Br)c1. The summed E-state index contributed by atoms with van der Waals surface area (Å²) in [5, 5.41) is 7.60. The average molecular weight is 360 g/mol. The highest BCUT2D eigenvalue weighted by Crippen LogP contribution is 2.25. The summed E-state index contributed by atoms with van der Waals surface area (Å²) in [5.41, 5.74) is 0.854. The summed E-state index contributed by atoms with van der Waals surface area (Å²) in [5.74, 6) is -0.382. The average Bonchev–Trinajstić information content (AvgIpc) is 2.73. The number of oxazole rings is 1. The van der Waals surface area contributed by atoms with Crippen molar-refractivity contribution in [2.24, 2.45) is 5.14 Å². The third-order valence-electron chi connectivity index (χ3n) is 2.45. The number of nitrogens with one attached hydrogen (secondary N) is 1. The molecule has 1 aromatic carbocycles. The Morgan fingerprint density at radius 1 is 1.45 bits per heavy atom. The van der Waals surface area contributed by atoms with Crippen LogP contribution in [0, 0.1) is 6.92 Å². The van der Waals surface area contributed by atoms with Gasteiger partial charge in [-0.3, -0.25) is 4.79 Å². The highest BCUT2D eigenvalue weighted by molar-refractivity contribution is 9.10. The first-order valence-corrected chi connectivity index (χ1v) is 7.67. The molecular formula is C11H10BrN3O4S. The molecule has 2 rings (SSSR count). The summed E-state index contributed by atoms with van der Waals surface area (Å²) in [6, 6.07) is 4.15. The zero-order valence-electron chi connectivity index (χ0n) is 10.3. The maximum atomic E-state index is 11.9. The third-order valence-corrected chi connectivity index (χ3v) is 4.34. The van der Waals surface area contributed by atoms with Gasteiger partial charge in [-0.05, 0) is 41.1 Å². The third kappa shape index (κ3) is 3.06. The van der Waals surface area contributed by atoms with Gasteiger partial charge in [-0.1, -0.05) is 0 Å². The van der Waals surface area contributed by atoms with E-state index in [9.17, 15) is 13.2 Å². The molecular weight excluding hydrogens is 350 g/mol. The molecule has 1 aromatic heterocycles. The first-order chi connectivity index (χ1) is 9.29. The number of halogens is 1. The molecule has 0 saturated carbocycles. The number of aromatic nitrogens is 1. The number of amides is 1. The molecule has 7 nitrogen and oxygen atoms in total. The number of benzene rings is 1. The van der Waals surface area contributed by atoms with Gasteiger partial charge in [0, 0.05) is 10.2 Å². The van der Waals surface area contributed by atoms with Crippen LogP contribution in [0.2, 0.25) is 0 Å². The molecule has 0 atom stereocenters. The van der Waals surface area contributed by atoms with Crippen LogP contribution in [0.1, 0.15) is 16.2 Å². The number of hydrogen-bond acceptors (Lipinski definition) is 5. The van der Waals surface area contributed by atoms with E-state index in [2.05, 4.69) is 26.2 Å². The maximum absolute atomic E-state index is 11.9. The van der Waals surface area contributed by atoms with Crippen LogP contribution in [0.5, 0.6) is 0 Å². The van der Waals surface area contributed by atoms with Crippen molar-refractivity contribution < 1.29 is 17.6 Å². The molecule has 1 amide bonds. The van der Waals surface area contributed by atoms with Gasteiger partial charge in [-0.2, -0.15) is 0 Å². The van der Waals surface area contributed by atoms with E-state index >= 15 is 0 Å². The molecule has 0 spiro atoms. The highest BCUT2D eigenvalue weighted by Gasteiger charge is 2.16. The lowest BCUT2D eigenvalue weighted by Crippen LogP contribution is -2.14. The van der Waals surface area contributed by atoms with E-state index in [4.69, 9.17) is 9.56 Å². The molecule has 20 heavy (non-hydrogen) atoms. The number of rotatable bonds is 3. The molecule has 0 aliphatic heterocycles. The van der Waals surface area contributed by atoms with E-state index in [0.717, 1.165) is 0 Å². The number of nitrogens with zero attached hydrogens (tertiary/aromatic N) is 1. The Bertz CT molecular complexity index is 770. The van der Waals surface area contributed by atoms with Gasteiger partial charge < -0.3 is 9.73 Å². The number of anilines is 1. The fraction of sp³-hybridized carbons (Fsp3) is 0.0909. The van der Waals surface area contributed by atoms with Gasteiger partial charge in [0.05, 0.1) is 10.6 Å². The topological polar surface area (TPSA) is 115 Å². The van der Waals surface area contributed by atoms with Crippen molar-refractivity contribution in [1.82, 2.24) is 4.98 Å². The van der Waals surface area contributed by atoms with Crippen LogP contribution in [0.4, 0.5) is 5.69 Å². The van der Waals surface area contributed by atoms with Crippen LogP contribution in [0.3, 0.4) is 0 Å². The lowest BCUT2D eigenvalue weighted by atomic mass is 10.3. The van der Waals surface area contributed by atoms with E-state index in [-0.39, 0.29) is 15.1 Å². The van der Waals surface area contributed by atoms with E-state index in [0.29, 0.717) is 11.4 Å². The zero-order chi connectivity index (χ0) is 14.9. The van der Waals surface area contributed by atoms with Crippen LogP contribution in [0.25, 0.3) is 0 Å². The number of sulfonamides is 1. The van der Waals surface area contributed by atoms with E-state index < -0.39 is 15.9 Å². The standard InChI is InChI=1S/C11H10BrN3O4S/c1-6-10(19-5-14-6)11(16)15-7-2-3-9(8(12)4-7)20(13,17)18/h2-5H,1H3,(H,15,16)(H2,13,17,18). The Morgan fingerprint density at radius 2 is 2.15 bits per heavy atom. The number of primary sulfonamides is 1. The minimum absolute atomic E-state index is 0.0636. The molecule has 0 unspecified atom stereocenters. The van der Waals surface area contributed by atoms with Crippen molar-refractivity contribution >= 4 is 37.5 Å². The fourth-order valence-electron chi connectivity index (χ4n) is 1.52. The van der Waals surface area contributed by atoms with E-state index in [1.54, 1.807) is 6.92 Å². The van der Waals surface area contributed by atoms with Gasteiger partial charge in [0.1, 0.15) is 0 Å². The molecule has 106 valence electrons. The largest absolute Gasteiger partial charge is 0.438 e. The number of hydrogen-bond donors (Lipinski definition) is 2. The lowest BCUT2D eigenvalue weighted by Gasteiger charge is -2.07. The van der Waals surface area contributed by atoms with Crippen LogP contribution in [0.15, 0.2) is 38.4 Å². The Balaban J connectivity index is 2.26. The molecule has 0 radical (unpaired) electrons. The Hall–Kier alpha value is -1.71.